The van der Waals surface area contributed by atoms with Gasteiger partial charge in [0.25, 0.3) is 0 Å². The number of methoxy groups -OCH3 is 1. The summed E-state index contributed by atoms with van der Waals surface area (Å²) in [5.74, 6) is 1.26. The molecule has 0 saturated heterocycles. The summed E-state index contributed by atoms with van der Waals surface area (Å²) in [5, 5.41) is 10.2. The molecule has 0 heterocycles. The molecule has 4 nitrogen and oxygen atoms in total. The Kier molecular flexibility index (Phi) is 6.23. The van der Waals surface area contributed by atoms with Gasteiger partial charge in [-0.15, -0.1) is 0 Å². The van der Waals surface area contributed by atoms with Crippen LogP contribution in [-0.2, 0) is 0 Å². The van der Waals surface area contributed by atoms with E-state index >= 15 is 0 Å². The molecule has 0 aromatic heterocycles. The standard InChI is InChI=1S/C16H12Cl3NO3/c1-21-15-7-10(9-20)6-13(19)16(15)23-5-4-22-14-3-2-11(17)8-12(14)18/h2-3,6-8H,4-5H2,1H3. The quantitative estimate of drug-likeness (QED) is 0.671. The molecule has 0 fully saturated rings. The summed E-state index contributed by atoms with van der Waals surface area (Å²) in [7, 11) is 1.48. The molecule has 0 atom stereocenters. The molecule has 0 radical (unpaired) electrons. The molecule has 0 bridgehead atoms. The van der Waals surface area contributed by atoms with Crippen molar-refractivity contribution in [1.82, 2.24) is 0 Å². The maximum Gasteiger partial charge on any atom is 0.179 e. The largest absolute Gasteiger partial charge is 0.493 e. The lowest BCUT2D eigenvalue weighted by atomic mass is 10.2. The molecule has 0 aliphatic heterocycles. The summed E-state index contributed by atoms with van der Waals surface area (Å²) in [5.41, 5.74) is 0.392. The van der Waals surface area contributed by atoms with E-state index < -0.39 is 0 Å². The number of hydrogen-bond acceptors (Lipinski definition) is 4. The zero-order valence-electron chi connectivity index (χ0n) is 12.1. The van der Waals surface area contributed by atoms with Crippen LogP contribution in [0.15, 0.2) is 30.3 Å². The number of nitriles is 1. The summed E-state index contributed by atoms with van der Waals surface area (Å²) in [4.78, 5) is 0. The summed E-state index contributed by atoms with van der Waals surface area (Å²) < 4.78 is 16.3. The lowest BCUT2D eigenvalue weighted by molar-refractivity contribution is 0.211. The number of nitrogens with zero attached hydrogens (tertiary/aromatic N) is 1. The van der Waals surface area contributed by atoms with Gasteiger partial charge in [-0.1, -0.05) is 34.8 Å². The number of ether oxygens (including phenoxy) is 3. The van der Waals surface area contributed by atoms with Gasteiger partial charge in [0.2, 0.25) is 0 Å². The molecular formula is C16H12Cl3NO3. The fourth-order valence-electron chi connectivity index (χ4n) is 1.81. The smallest absolute Gasteiger partial charge is 0.179 e. The maximum atomic E-state index is 8.91. The van der Waals surface area contributed by atoms with Crippen LogP contribution in [0.2, 0.25) is 15.1 Å². The highest BCUT2D eigenvalue weighted by atomic mass is 35.5. The summed E-state index contributed by atoms with van der Waals surface area (Å²) in [6.45, 7) is 0.474. The first kappa shape index (κ1) is 17.6. The molecule has 120 valence electrons. The van der Waals surface area contributed by atoms with Crippen LogP contribution in [0, 0.1) is 11.3 Å². The van der Waals surface area contributed by atoms with Gasteiger partial charge >= 0.3 is 0 Å². The Morgan fingerprint density at radius 3 is 2.35 bits per heavy atom. The third-order valence-corrected chi connectivity index (χ3v) is 3.65. The monoisotopic (exact) mass is 371 g/mol. The first-order valence-electron chi connectivity index (χ1n) is 6.53. The van der Waals surface area contributed by atoms with Gasteiger partial charge in [-0.05, 0) is 24.3 Å². The van der Waals surface area contributed by atoms with Crippen LogP contribution in [0.3, 0.4) is 0 Å². The molecular weight excluding hydrogens is 361 g/mol. The third-order valence-electron chi connectivity index (χ3n) is 2.84. The predicted molar refractivity (Wildman–Crippen MR) is 90.2 cm³/mol. The minimum atomic E-state index is 0.223. The zero-order valence-corrected chi connectivity index (χ0v) is 14.4. The molecule has 0 saturated carbocycles. The molecule has 2 aromatic rings. The van der Waals surface area contributed by atoms with Gasteiger partial charge in [0.15, 0.2) is 11.5 Å². The van der Waals surface area contributed by atoms with Gasteiger partial charge in [-0.3, -0.25) is 0 Å². The Hall–Kier alpha value is -1.80. The molecule has 0 unspecified atom stereocenters. The van der Waals surface area contributed by atoms with Crippen molar-refractivity contribution in [3.05, 3.63) is 51.0 Å². The maximum absolute atomic E-state index is 8.91. The van der Waals surface area contributed by atoms with Crippen molar-refractivity contribution in [3.63, 3.8) is 0 Å². The molecule has 0 amide bonds. The molecule has 0 spiro atoms. The van der Waals surface area contributed by atoms with Gasteiger partial charge in [-0.25, -0.2) is 0 Å². The van der Waals surface area contributed by atoms with Gasteiger partial charge in [0.1, 0.15) is 19.0 Å². The Balaban J connectivity index is 1.98. The SMILES string of the molecule is COc1cc(C#N)cc(Cl)c1OCCOc1ccc(Cl)cc1Cl. The fraction of sp³-hybridized carbons (Fsp3) is 0.188. The van der Waals surface area contributed by atoms with Gasteiger partial charge in [-0.2, -0.15) is 5.26 Å². The van der Waals surface area contributed by atoms with E-state index in [1.807, 2.05) is 6.07 Å². The van der Waals surface area contributed by atoms with E-state index in [4.69, 9.17) is 54.3 Å². The molecule has 0 N–H and O–H groups in total. The second-order valence-corrected chi connectivity index (χ2v) is 5.62. The highest BCUT2D eigenvalue weighted by Crippen LogP contribution is 2.36. The van der Waals surface area contributed by atoms with Gasteiger partial charge < -0.3 is 14.2 Å². The zero-order chi connectivity index (χ0) is 16.8. The van der Waals surface area contributed by atoms with Crippen LogP contribution in [0.1, 0.15) is 5.56 Å². The average molecular weight is 373 g/mol. The second-order valence-electron chi connectivity index (χ2n) is 4.37. The van der Waals surface area contributed by atoms with Gasteiger partial charge in [0.05, 0.1) is 28.8 Å². The van der Waals surface area contributed by atoms with Crippen LogP contribution in [-0.4, -0.2) is 20.3 Å². The average Bonchev–Trinajstić information content (AvgIpc) is 2.53. The van der Waals surface area contributed by atoms with E-state index in [0.29, 0.717) is 37.9 Å². The topological polar surface area (TPSA) is 51.5 Å². The minimum Gasteiger partial charge on any atom is -0.493 e. The summed E-state index contributed by atoms with van der Waals surface area (Å²) in [6, 6.07) is 10.0. The molecule has 7 heteroatoms. The predicted octanol–water partition coefficient (Wildman–Crippen LogP) is 4.98. The highest BCUT2D eigenvalue weighted by Gasteiger charge is 2.12. The lowest BCUT2D eigenvalue weighted by Gasteiger charge is -2.13. The van der Waals surface area contributed by atoms with E-state index in [2.05, 4.69) is 0 Å². The number of halogens is 3. The first-order chi connectivity index (χ1) is 11.0. The van der Waals surface area contributed by atoms with E-state index in [-0.39, 0.29) is 13.2 Å². The van der Waals surface area contributed by atoms with E-state index in [0.717, 1.165) is 0 Å². The van der Waals surface area contributed by atoms with E-state index in [1.165, 1.54) is 13.2 Å². The molecule has 2 aromatic carbocycles. The number of benzene rings is 2. The van der Waals surface area contributed by atoms with E-state index in [9.17, 15) is 0 Å². The Morgan fingerprint density at radius 2 is 1.70 bits per heavy atom. The van der Waals surface area contributed by atoms with Crippen LogP contribution in [0.4, 0.5) is 0 Å². The van der Waals surface area contributed by atoms with Crippen molar-refractivity contribution >= 4 is 34.8 Å². The minimum absolute atomic E-state index is 0.223. The summed E-state index contributed by atoms with van der Waals surface area (Å²) in [6.07, 6.45) is 0. The fourth-order valence-corrected chi connectivity index (χ4v) is 2.54. The van der Waals surface area contributed by atoms with Crippen molar-refractivity contribution in [2.45, 2.75) is 0 Å². The second kappa shape index (κ2) is 8.16. The van der Waals surface area contributed by atoms with Crippen LogP contribution in [0.25, 0.3) is 0 Å². The van der Waals surface area contributed by atoms with Crippen molar-refractivity contribution in [3.8, 4) is 23.3 Å². The molecule has 0 aliphatic carbocycles. The van der Waals surface area contributed by atoms with Crippen LogP contribution in [0.5, 0.6) is 17.2 Å². The van der Waals surface area contributed by atoms with Crippen molar-refractivity contribution in [1.29, 1.82) is 5.26 Å². The molecule has 23 heavy (non-hydrogen) atoms. The number of hydrogen-bond donors (Lipinski definition) is 0. The normalized spacial score (nSPS) is 10.0. The van der Waals surface area contributed by atoms with Crippen LogP contribution >= 0.6 is 34.8 Å². The number of rotatable bonds is 6. The Labute approximate surface area is 149 Å². The van der Waals surface area contributed by atoms with Crippen molar-refractivity contribution < 1.29 is 14.2 Å². The first-order valence-corrected chi connectivity index (χ1v) is 7.67. The lowest BCUT2D eigenvalue weighted by Crippen LogP contribution is -2.10. The molecule has 2 rings (SSSR count). The molecule has 0 aliphatic rings. The Bertz CT molecular complexity index is 744. The highest BCUT2D eigenvalue weighted by molar-refractivity contribution is 6.35. The van der Waals surface area contributed by atoms with Gasteiger partial charge in [0, 0.05) is 11.1 Å². The van der Waals surface area contributed by atoms with Crippen molar-refractivity contribution in [2.24, 2.45) is 0 Å². The Morgan fingerprint density at radius 1 is 0.957 bits per heavy atom. The van der Waals surface area contributed by atoms with Crippen LogP contribution < -0.4 is 14.2 Å². The van der Waals surface area contributed by atoms with E-state index in [1.54, 1.807) is 24.3 Å². The summed E-state index contributed by atoms with van der Waals surface area (Å²) >= 11 is 17.9. The third kappa shape index (κ3) is 4.59. The van der Waals surface area contributed by atoms with Crippen molar-refractivity contribution in [2.75, 3.05) is 20.3 Å².